The molecule has 0 bridgehead atoms. The Bertz CT molecular complexity index is 1300. The number of benzene rings is 3. The zero-order valence-corrected chi connectivity index (χ0v) is 28.5. The molecule has 2 N–H and O–H groups in total. The van der Waals surface area contributed by atoms with Crippen molar-refractivity contribution < 1.29 is 37.6 Å². The molecule has 0 aliphatic heterocycles. The van der Waals surface area contributed by atoms with E-state index >= 15 is 0 Å². The Hall–Kier alpha value is -3.65. The van der Waals surface area contributed by atoms with Crippen LogP contribution in [0.5, 0.6) is 11.5 Å². The number of phosphoric ester groups is 1. The molecule has 3 aromatic rings. The number of carbonyl (C=O) groups is 2. The number of phosphoric acid groups is 1. The molecule has 0 aromatic heterocycles. The molecular weight excluding hydrogens is 617 g/mol. The van der Waals surface area contributed by atoms with Gasteiger partial charge in [0, 0.05) is 0 Å². The molecule has 0 aliphatic rings. The number of carbonyl (C=O) groups excluding carboxylic acids is 1. The van der Waals surface area contributed by atoms with E-state index in [2.05, 4.69) is 12.2 Å². The van der Waals surface area contributed by atoms with Crippen LogP contribution in [0.25, 0.3) is 0 Å². The second kappa shape index (κ2) is 21.3. The van der Waals surface area contributed by atoms with Crippen molar-refractivity contribution in [3.63, 3.8) is 0 Å². The van der Waals surface area contributed by atoms with E-state index in [9.17, 15) is 19.3 Å². The summed E-state index contributed by atoms with van der Waals surface area (Å²) in [6, 6.07) is 25.2. The molecule has 0 heterocycles. The van der Waals surface area contributed by atoms with E-state index in [-0.39, 0.29) is 24.5 Å². The molecule has 0 fully saturated rings. The van der Waals surface area contributed by atoms with Gasteiger partial charge in [-0.1, -0.05) is 138 Å². The molecule has 3 aromatic carbocycles. The summed E-state index contributed by atoms with van der Waals surface area (Å²) in [4.78, 5) is 25.6. The highest BCUT2D eigenvalue weighted by molar-refractivity contribution is 7.49. The molecule has 3 atom stereocenters. The molecule has 0 spiro atoms. The zero-order chi connectivity index (χ0) is 33.7. The van der Waals surface area contributed by atoms with Crippen LogP contribution in [0.15, 0.2) is 91.0 Å². The summed E-state index contributed by atoms with van der Waals surface area (Å²) in [5.74, 6) is -1.32. The third-order valence-electron chi connectivity index (χ3n) is 7.67. The van der Waals surface area contributed by atoms with Gasteiger partial charge in [0.15, 0.2) is 6.10 Å². The lowest BCUT2D eigenvalue weighted by molar-refractivity contribution is -0.148. The Balaban J connectivity index is 1.89. The summed E-state index contributed by atoms with van der Waals surface area (Å²) < 4.78 is 38.7. The van der Waals surface area contributed by atoms with Gasteiger partial charge in [-0.3, -0.25) is 9.32 Å². The average molecular weight is 668 g/mol. The predicted molar refractivity (Wildman–Crippen MR) is 183 cm³/mol. The summed E-state index contributed by atoms with van der Waals surface area (Å²) in [5.41, 5.74) is 0.807. The summed E-state index contributed by atoms with van der Waals surface area (Å²) in [6.45, 7) is 3.92. The van der Waals surface area contributed by atoms with Crippen LogP contribution in [0.1, 0.15) is 90.0 Å². The first-order valence-corrected chi connectivity index (χ1v) is 18.3. The molecule has 3 rings (SSSR count). The third-order valence-corrected chi connectivity index (χ3v) is 9.07. The van der Waals surface area contributed by atoms with E-state index in [1.165, 1.54) is 32.1 Å². The number of unbranched alkanes of at least 4 members (excludes halogenated alkanes) is 8. The maximum absolute atomic E-state index is 14.5. The number of carboxylic acids is 1. The van der Waals surface area contributed by atoms with Crippen molar-refractivity contribution >= 4 is 19.7 Å². The number of amides is 1. The van der Waals surface area contributed by atoms with Crippen molar-refractivity contribution in [2.24, 2.45) is 0 Å². The first kappa shape index (κ1) is 37.8. The number of hydrogen-bond donors (Lipinski definition) is 2. The van der Waals surface area contributed by atoms with Crippen LogP contribution in [0, 0.1) is 0 Å². The second-order valence-electron chi connectivity index (χ2n) is 11.5. The summed E-state index contributed by atoms with van der Waals surface area (Å²) in [6.07, 6.45) is 7.80. The van der Waals surface area contributed by atoms with Gasteiger partial charge in [0.25, 0.3) is 5.91 Å². The molecule has 256 valence electrons. The molecule has 0 radical (unpaired) electrons. The highest BCUT2D eigenvalue weighted by Crippen LogP contribution is 2.51. The van der Waals surface area contributed by atoms with Crippen molar-refractivity contribution in [2.75, 3.05) is 0 Å². The normalized spacial score (nSPS) is 13.3. The smallest absolute Gasteiger partial charge is 0.480 e. The Morgan fingerprint density at radius 1 is 0.723 bits per heavy atom. The van der Waals surface area contributed by atoms with Crippen LogP contribution in [-0.2, 0) is 30.0 Å². The number of aliphatic carboxylic acids is 1. The highest BCUT2D eigenvalue weighted by Gasteiger charge is 2.41. The van der Waals surface area contributed by atoms with Crippen molar-refractivity contribution in [1.82, 2.24) is 5.32 Å². The highest BCUT2D eigenvalue weighted by atomic mass is 31.2. The van der Waals surface area contributed by atoms with Gasteiger partial charge >= 0.3 is 13.8 Å². The molecule has 2 unspecified atom stereocenters. The molecule has 47 heavy (non-hydrogen) atoms. The van der Waals surface area contributed by atoms with Gasteiger partial charge in [-0.25, -0.2) is 9.36 Å². The number of ether oxygens (including phenoxy) is 1. The lowest BCUT2D eigenvalue weighted by Crippen LogP contribution is -2.50. The molecule has 9 nitrogen and oxygen atoms in total. The first-order valence-electron chi connectivity index (χ1n) is 16.8. The summed E-state index contributed by atoms with van der Waals surface area (Å²) in [7, 11) is -4.42. The Morgan fingerprint density at radius 2 is 1.21 bits per heavy atom. The van der Waals surface area contributed by atoms with Crippen molar-refractivity contribution in [1.29, 1.82) is 0 Å². The van der Waals surface area contributed by atoms with E-state index in [0.717, 1.165) is 24.8 Å². The van der Waals surface area contributed by atoms with Crippen molar-refractivity contribution in [3.05, 3.63) is 96.6 Å². The largest absolute Gasteiger partial charge is 0.587 e. The molecule has 0 saturated carbocycles. The minimum absolute atomic E-state index is 0.0454. The fraction of sp³-hybridized carbons (Fsp3) is 0.459. The number of hydrogen-bond acceptors (Lipinski definition) is 7. The van der Waals surface area contributed by atoms with E-state index in [1.807, 2.05) is 30.3 Å². The topological polar surface area (TPSA) is 120 Å². The first-order chi connectivity index (χ1) is 22.8. The minimum Gasteiger partial charge on any atom is -0.480 e. The van der Waals surface area contributed by atoms with Gasteiger partial charge in [0.2, 0.25) is 0 Å². The van der Waals surface area contributed by atoms with E-state index in [1.54, 1.807) is 67.6 Å². The van der Waals surface area contributed by atoms with Crippen LogP contribution in [0.4, 0.5) is 0 Å². The standard InChI is InChI=1S/C37H50NO8P/c1-3-5-6-7-8-9-10-11-21-28-34(35(36(39)38-33(4-2)37(40)41)43-29-30-22-15-12-16-23-30)46-47(42,44-31-24-17-13-18-25-31)45-32-26-19-14-20-27-32/h12-20,22-27,33-35H,3-11,21,28-29H2,1-2H3,(H,38,39)(H,40,41)/t33?,34?,35-/m1/s1. The average Bonchev–Trinajstić information content (AvgIpc) is 3.07. The summed E-state index contributed by atoms with van der Waals surface area (Å²) in [5, 5.41) is 12.3. The van der Waals surface area contributed by atoms with Gasteiger partial charge in [-0.05, 0) is 42.7 Å². The van der Waals surface area contributed by atoms with Gasteiger partial charge in [-0.2, -0.15) is 0 Å². The van der Waals surface area contributed by atoms with Gasteiger partial charge in [-0.15, -0.1) is 0 Å². The van der Waals surface area contributed by atoms with Gasteiger partial charge in [0.1, 0.15) is 23.6 Å². The van der Waals surface area contributed by atoms with Crippen LogP contribution >= 0.6 is 7.82 Å². The maximum Gasteiger partial charge on any atom is 0.587 e. The van der Waals surface area contributed by atoms with E-state index < -0.39 is 37.9 Å². The molecular formula is C37H50NO8P. The lowest BCUT2D eigenvalue weighted by atomic mass is 10.0. The fourth-order valence-electron chi connectivity index (χ4n) is 5.07. The predicted octanol–water partition coefficient (Wildman–Crippen LogP) is 9.12. The van der Waals surface area contributed by atoms with Crippen LogP contribution in [-0.4, -0.2) is 35.2 Å². The monoisotopic (exact) mass is 667 g/mol. The van der Waals surface area contributed by atoms with Crippen molar-refractivity contribution in [3.8, 4) is 11.5 Å². The number of para-hydroxylation sites is 2. The minimum atomic E-state index is -4.42. The van der Waals surface area contributed by atoms with Gasteiger partial charge in [0.05, 0.1) is 6.61 Å². The quantitative estimate of drug-likeness (QED) is 0.0717. The Morgan fingerprint density at radius 3 is 1.70 bits per heavy atom. The second-order valence-corrected chi connectivity index (χ2v) is 13.0. The van der Waals surface area contributed by atoms with Crippen molar-refractivity contribution in [2.45, 2.75) is 109 Å². The zero-order valence-electron chi connectivity index (χ0n) is 27.6. The van der Waals surface area contributed by atoms with E-state index in [4.69, 9.17) is 18.3 Å². The lowest BCUT2D eigenvalue weighted by Gasteiger charge is -2.30. The van der Waals surface area contributed by atoms with Crippen LogP contribution < -0.4 is 14.4 Å². The third kappa shape index (κ3) is 14.3. The number of rotatable bonds is 24. The fourth-order valence-corrected chi connectivity index (χ4v) is 6.50. The van der Waals surface area contributed by atoms with Crippen LogP contribution in [0.3, 0.4) is 0 Å². The number of carboxylic acid groups (broad SMARTS) is 1. The molecule has 10 heteroatoms. The molecule has 0 saturated heterocycles. The van der Waals surface area contributed by atoms with Crippen LogP contribution in [0.2, 0.25) is 0 Å². The SMILES string of the molecule is CCCCCCCCCCCC(OP(=O)(Oc1ccccc1)Oc1ccccc1)[C@@H](OCc1ccccc1)C(=O)NC(CC)C(=O)O. The van der Waals surface area contributed by atoms with Gasteiger partial charge < -0.3 is 24.2 Å². The van der Waals surface area contributed by atoms with E-state index in [0.29, 0.717) is 12.8 Å². The molecule has 1 amide bonds. The Labute approximate surface area is 279 Å². The Kier molecular flexibility index (Phi) is 17.1. The molecule has 0 aliphatic carbocycles. The summed E-state index contributed by atoms with van der Waals surface area (Å²) >= 11 is 0. The maximum atomic E-state index is 14.5. The number of nitrogens with one attached hydrogen (secondary N) is 1.